The van der Waals surface area contributed by atoms with Crippen LogP contribution in [-0.4, -0.2) is 15.7 Å². The number of aldehydes is 1. The van der Waals surface area contributed by atoms with Crippen LogP contribution in [0.25, 0.3) is 5.52 Å². The third-order valence-electron chi connectivity index (χ3n) is 3.66. The van der Waals surface area contributed by atoms with Crippen LogP contribution in [0.2, 0.25) is 0 Å². The van der Waals surface area contributed by atoms with Crippen LogP contribution in [0, 0.1) is 0 Å². The van der Waals surface area contributed by atoms with Crippen LogP contribution >= 0.6 is 0 Å². The van der Waals surface area contributed by atoms with Crippen molar-refractivity contribution in [3.05, 3.63) is 35.9 Å². The van der Waals surface area contributed by atoms with E-state index in [9.17, 15) is 4.79 Å². The van der Waals surface area contributed by atoms with Gasteiger partial charge < -0.3 is 9.20 Å². The smallest absolute Gasteiger partial charge is 0.124 e. The van der Waals surface area contributed by atoms with E-state index in [0.717, 1.165) is 17.4 Å². The van der Waals surface area contributed by atoms with Crippen LogP contribution in [0.15, 0.2) is 24.5 Å². The summed E-state index contributed by atoms with van der Waals surface area (Å²) in [5.74, 6) is 1.81. The molecule has 1 aliphatic rings. The van der Waals surface area contributed by atoms with Gasteiger partial charge in [-0.15, -0.1) is 0 Å². The predicted molar refractivity (Wildman–Crippen MR) is 66.2 cm³/mol. The van der Waals surface area contributed by atoms with E-state index in [1.807, 2.05) is 12.3 Å². The van der Waals surface area contributed by atoms with Crippen molar-refractivity contribution in [3.8, 4) is 0 Å². The van der Waals surface area contributed by atoms with Crippen molar-refractivity contribution in [2.45, 2.75) is 38.0 Å². The largest absolute Gasteiger partial charge is 0.304 e. The fourth-order valence-electron chi connectivity index (χ4n) is 2.78. The maximum absolute atomic E-state index is 10.5. The van der Waals surface area contributed by atoms with Gasteiger partial charge in [0.2, 0.25) is 0 Å². The Balaban J connectivity index is 2.01. The minimum atomic E-state index is 0.487. The van der Waals surface area contributed by atoms with Crippen LogP contribution in [0.1, 0.15) is 43.0 Å². The molecule has 0 saturated heterocycles. The highest BCUT2D eigenvalue weighted by atomic mass is 16.1. The first kappa shape index (κ1) is 10.5. The summed E-state index contributed by atoms with van der Waals surface area (Å²) in [6.45, 7) is 0. The standard InChI is InChI=1S/C14H16N2O/c17-8-6-11-5-7-16-13(9-11)10-15-14(16)12-3-1-2-4-12/h5,7-10,12H,1-4,6H2. The number of pyridine rings is 1. The van der Waals surface area contributed by atoms with Crippen LogP contribution in [0.5, 0.6) is 0 Å². The summed E-state index contributed by atoms with van der Waals surface area (Å²) < 4.78 is 2.17. The molecular weight excluding hydrogens is 212 g/mol. The molecule has 2 aromatic heterocycles. The van der Waals surface area contributed by atoms with Gasteiger partial charge in [-0.1, -0.05) is 12.8 Å². The zero-order valence-electron chi connectivity index (χ0n) is 9.80. The molecule has 0 amide bonds. The Morgan fingerprint density at radius 3 is 3.00 bits per heavy atom. The van der Waals surface area contributed by atoms with Gasteiger partial charge in [-0.3, -0.25) is 0 Å². The van der Waals surface area contributed by atoms with Gasteiger partial charge in [-0.2, -0.15) is 0 Å². The average Bonchev–Trinajstić information content (AvgIpc) is 2.96. The van der Waals surface area contributed by atoms with Gasteiger partial charge >= 0.3 is 0 Å². The van der Waals surface area contributed by atoms with E-state index in [1.165, 1.54) is 31.5 Å². The molecule has 0 aromatic carbocycles. The van der Waals surface area contributed by atoms with Crippen molar-refractivity contribution in [1.82, 2.24) is 9.38 Å². The van der Waals surface area contributed by atoms with Gasteiger partial charge in [0.15, 0.2) is 0 Å². The van der Waals surface area contributed by atoms with Crippen LogP contribution in [0.4, 0.5) is 0 Å². The lowest BCUT2D eigenvalue weighted by Gasteiger charge is -2.08. The van der Waals surface area contributed by atoms with E-state index >= 15 is 0 Å². The SMILES string of the molecule is O=CCc1ccn2c(C3CCCC3)ncc2c1. The second-order valence-corrected chi connectivity index (χ2v) is 4.80. The molecule has 1 aliphatic carbocycles. The molecule has 17 heavy (non-hydrogen) atoms. The summed E-state index contributed by atoms with van der Waals surface area (Å²) in [6, 6.07) is 4.07. The molecule has 0 radical (unpaired) electrons. The summed E-state index contributed by atoms with van der Waals surface area (Å²) >= 11 is 0. The summed E-state index contributed by atoms with van der Waals surface area (Å²) in [7, 11) is 0. The molecule has 3 nitrogen and oxygen atoms in total. The highest BCUT2D eigenvalue weighted by Crippen LogP contribution is 2.33. The van der Waals surface area contributed by atoms with Gasteiger partial charge in [0, 0.05) is 18.5 Å². The van der Waals surface area contributed by atoms with Gasteiger partial charge in [-0.05, 0) is 30.5 Å². The van der Waals surface area contributed by atoms with Gasteiger partial charge in [0.1, 0.15) is 12.1 Å². The third-order valence-corrected chi connectivity index (χ3v) is 3.66. The monoisotopic (exact) mass is 228 g/mol. The molecule has 88 valence electrons. The van der Waals surface area contributed by atoms with Crippen molar-refractivity contribution in [1.29, 1.82) is 0 Å². The van der Waals surface area contributed by atoms with E-state index in [2.05, 4.69) is 21.6 Å². The Morgan fingerprint density at radius 2 is 2.24 bits per heavy atom. The number of rotatable bonds is 3. The molecule has 2 aromatic rings. The maximum atomic E-state index is 10.5. The normalized spacial score (nSPS) is 16.7. The molecule has 3 heteroatoms. The van der Waals surface area contributed by atoms with Crippen LogP contribution in [0.3, 0.4) is 0 Å². The molecule has 0 bridgehead atoms. The lowest BCUT2D eigenvalue weighted by Crippen LogP contribution is -2.00. The van der Waals surface area contributed by atoms with E-state index in [4.69, 9.17) is 0 Å². The van der Waals surface area contributed by atoms with Crippen molar-refractivity contribution < 1.29 is 4.79 Å². The second-order valence-electron chi connectivity index (χ2n) is 4.80. The van der Waals surface area contributed by atoms with Crippen molar-refractivity contribution >= 4 is 11.8 Å². The molecular formula is C14H16N2O. The highest BCUT2D eigenvalue weighted by molar-refractivity contribution is 5.58. The van der Waals surface area contributed by atoms with Crippen LogP contribution in [-0.2, 0) is 11.2 Å². The lowest BCUT2D eigenvalue weighted by atomic mass is 10.1. The molecule has 2 heterocycles. The minimum absolute atomic E-state index is 0.487. The first-order chi connectivity index (χ1) is 8.38. The Kier molecular flexibility index (Phi) is 2.67. The topological polar surface area (TPSA) is 34.4 Å². The quantitative estimate of drug-likeness (QED) is 0.757. The fourth-order valence-corrected chi connectivity index (χ4v) is 2.78. The number of carbonyl (C=O) groups is 1. The lowest BCUT2D eigenvalue weighted by molar-refractivity contribution is -0.107. The van der Waals surface area contributed by atoms with E-state index < -0.39 is 0 Å². The van der Waals surface area contributed by atoms with E-state index in [1.54, 1.807) is 0 Å². The Labute approximate surface area is 100 Å². The summed E-state index contributed by atoms with van der Waals surface area (Å²) in [4.78, 5) is 15.1. The van der Waals surface area contributed by atoms with Gasteiger partial charge in [0.05, 0.1) is 11.7 Å². The van der Waals surface area contributed by atoms with Crippen LogP contribution < -0.4 is 0 Å². The average molecular weight is 228 g/mol. The molecule has 0 unspecified atom stereocenters. The summed E-state index contributed by atoms with van der Waals surface area (Å²) in [5.41, 5.74) is 2.16. The summed E-state index contributed by atoms with van der Waals surface area (Å²) in [6.07, 6.45) is 10.6. The molecule has 0 spiro atoms. The van der Waals surface area contributed by atoms with Crippen molar-refractivity contribution in [3.63, 3.8) is 0 Å². The predicted octanol–water partition coefficient (Wildman–Crippen LogP) is 2.73. The van der Waals surface area contributed by atoms with Gasteiger partial charge in [0.25, 0.3) is 0 Å². The summed E-state index contributed by atoms with van der Waals surface area (Å²) in [5, 5.41) is 0. The fraction of sp³-hybridized carbons (Fsp3) is 0.429. The second kappa shape index (κ2) is 4.32. The maximum Gasteiger partial charge on any atom is 0.124 e. The van der Waals surface area contributed by atoms with Crippen molar-refractivity contribution in [2.24, 2.45) is 0 Å². The number of imidazole rings is 1. The molecule has 0 N–H and O–H groups in total. The number of fused-ring (bicyclic) bond motifs is 1. The zero-order chi connectivity index (χ0) is 11.7. The Bertz CT molecular complexity index is 538. The number of hydrogen-bond donors (Lipinski definition) is 0. The number of aromatic nitrogens is 2. The minimum Gasteiger partial charge on any atom is -0.304 e. The number of hydrogen-bond acceptors (Lipinski definition) is 2. The zero-order valence-corrected chi connectivity index (χ0v) is 9.80. The number of carbonyl (C=O) groups excluding carboxylic acids is 1. The van der Waals surface area contributed by atoms with E-state index in [-0.39, 0.29) is 0 Å². The third kappa shape index (κ3) is 1.86. The Morgan fingerprint density at radius 1 is 1.41 bits per heavy atom. The molecule has 3 rings (SSSR count). The number of nitrogens with zero attached hydrogens (tertiary/aromatic N) is 2. The molecule has 0 atom stereocenters. The first-order valence-electron chi connectivity index (χ1n) is 6.28. The Hall–Kier alpha value is -1.64. The highest BCUT2D eigenvalue weighted by Gasteiger charge is 2.21. The van der Waals surface area contributed by atoms with Crippen molar-refractivity contribution in [2.75, 3.05) is 0 Å². The molecule has 1 saturated carbocycles. The van der Waals surface area contributed by atoms with E-state index in [0.29, 0.717) is 12.3 Å². The first-order valence-corrected chi connectivity index (χ1v) is 6.28. The molecule has 0 aliphatic heterocycles. The van der Waals surface area contributed by atoms with Gasteiger partial charge in [-0.25, -0.2) is 4.98 Å². The molecule has 1 fully saturated rings.